The second-order valence-corrected chi connectivity index (χ2v) is 7.50. The van der Waals surface area contributed by atoms with Crippen molar-refractivity contribution in [2.24, 2.45) is 5.10 Å². The molecule has 0 saturated heterocycles. The van der Waals surface area contributed by atoms with Crippen molar-refractivity contribution in [3.63, 3.8) is 0 Å². The number of aryl methyl sites for hydroxylation is 3. The fourth-order valence-electron chi connectivity index (χ4n) is 2.76. The Bertz CT molecular complexity index is 843. The van der Waals surface area contributed by atoms with Gasteiger partial charge in [-0.1, -0.05) is 50.9 Å². The number of hydrogen-bond acceptors (Lipinski definition) is 4. The Morgan fingerprint density at radius 2 is 2.14 bits per heavy atom. The Kier molecular flexibility index (Phi) is 8.05. The van der Waals surface area contributed by atoms with Gasteiger partial charge in [0, 0.05) is 6.54 Å². The van der Waals surface area contributed by atoms with Crippen molar-refractivity contribution in [1.82, 2.24) is 15.2 Å². The van der Waals surface area contributed by atoms with Gasteiger partial charge in [-0.15, -0.1) is 0 Å². The zero-order valence-electron chi connectivity index (χ0n) is 17.3. The second kappa shape index (κ2) is 10.3. The number of hydrazone groups is 1. The van der Waals surface area contributed by atoms with Crippen LogP contribution in [0.4, 0.5) is 0 Å². The zero-order chi connectivity index (χ0) is 20.7. The lowest BCUT2D eigenvalue weighted by atomic mass is 10.0. The van der Waals surface area contributed by atoms with Crippen molar-refractivity contribution in [3.8, 4) is 5.75 Å². The minimum atomic E-state index is -0.334. The highest BCUT2D eigenvalue weighted by Crippen LogP contribution is 2.27. The number of halogens is 1. The molecule has 0 unspecified atom stereocenters. The lowest BCUT2D eigenvalue weighted by Gasteiger charge is -2.14. The van der Waals surface area contributed by atoms with Crippen molar-refractivity contribution in [2.45, 2.75) is 59.9 Å². The van der Waals surface area contributed by atoms with E-state index in [0.717, 1.165) is 42.0 Å². The average Bonchev–Trinajstić information content (AvgIpc) is 2.91. The number of ether oxygens (including phenoxy) is 1. The highest BCUT2D eigenvalue weighted by atomic mass is 35.5. The fourth-order valence-corrected chi connectivity index (χ4v) is 3.07. The van der Waals surface area contributed by atoms with Crippen LogP contribution < -0.4 is 10.2 Å². The predicted molar refractivity (Wildman–Crippen MR) is 113 cm³/mol. The molecule has 0 aliphatic carbocycles. The summed E-state index contributed by atoms with van der Waals surface area (Å²) in [5.74, 6) is 0.705. The van der Waals surface area contributed by atoms with Gasteiger partial charge in [0.2, 0.25) is 0 Å². The molecule has 0 radical (unpaired) electrons. The molecule has 28 heavy (non-hydrogen) atoms. The monoisotopic (exact) mass is 404 g/mol. The van der Waals surface area contributed by atoms with Crippen LogP contribution in [0.3, 0.4) is 0 Å². The molecule has 6 nitrogen and oxygen atoms in total. The highest BCUT2D eigenvalue weighted by Gasteiger charge is 2.12. The molecule has 0 saturated carbocycles. The van der Waals surface area contributed by atoms with E-state index < -0.39 is 0 Å². The van der Waals surface area contributed by atoms with Gasteiger partial charge in [0.1, 0.15) is 10.9 Å². The summed E-state index contributed by atoms with van der Waals surface area (Å²) in [6, 6.07) is 6.02. The number of amides is 1. The van der Waals surface area contributed by atoms with Gasteiger partial charge in [0.05, 0.1) is 17.5 Å². The number of benzene rings is 1. The summed E-state index contributed by atoms with van der Waals surface area (Å²) in [4.78, 5) is 12.1. The second-order valence-electron chi connectivity index (χ2n) is 7.14. The fraction of sp³-hybridized carbons (Fsp3) is 0.476. The lowest BCUT2D eigenvalue weighted by molar-refractivity contribution is -0.123. The zero-order valence-corrected chi connectivity index (χ0v) is 18.0. The third kappa shape index (κ3) is 5.83. The van der Waals surface area contributed by atoms with E-state index >= 15 is 0 Å². The molecule has 0 aliphatic rings. The molecule has 7 heteroatoms. The van der Waals surface area contributed by atoms with Crippen LogP contribution in [-0.2, 0) is 11.3 Å². The van der Waals surface area contributed by atoms with Crippen LogP contribution in [0.15, 0.2) is 23.3 Å². The molecule has 0 atom stereocenters. The summed E-state index contributed by atoms with van der Waals surface area (Å²) in [5.41, 5.74) is 6.12. The van der Waals surface area contributed by atoms with Crippen LogP contribution >= 0.6 is 11.6 Å². The van der Waals surface area contributed by atoms with Crippen LogP contribution in [0.2, 0.25) is 5.15 Å². The summed E-state index contributed by atoms with van der Waals surface area (Å²) in [7, 11) is 0. The number of carbonyl (C=O) groups excluding carboxylic acids is 1. The lowest BCUT2D eigenvalue weighted by Crippen LogP contribution is -2.25. The van der Waals surface area contributed by atoms with Gasteiger partial charge in [-0.3, -0.25) is 9.48 Å². The molecule has 1 aromatic heterocycles. The van der Waals surface area contributed by atoms with E-state index in [1.165, 1.54) is 6.21 Å². The van der Waals surface area contributed by atoms with Gasteiger partial charge in [-0.25, -0.2) is 5.43 Å². The maximum atomic E-state index is 12.1. The molecule has 2 aromatic rings. The minimum absolute atomic E-state index is 0.108. The molecule has 1 amide bonds. The Morgan fingerprint density at radius 1 is 1.39 bits per heavy atom. The van der Waals surface area contributed by atoms with Crippen molar-refractivity contribution < 1.29 is 9.53 Å². The number of aromatic nitrogens is 2. The molecule has 0 spiro atoms. The maximum absolute atomic E-state index is 12.1. The summed E-state index contributed by atoms with van der Waals surface area (Å²) < 4.78 is 7.47. The maximum Gasteiger partial charge on any atom is 0.277 e. The third-order valence-corrected chi connectivity index (χ3v) is 4.76. The van der Waals surface area contributed by atoms with Gasteiger partial charge in [-0.2, -0.15) is 10.2 Å². The first-order valence-corrected chi connectivity index (χ1v) is 9.99. The number of hydrogen-bond donors (Lipinski definition) is 1. The standard InChI is InChI=1S/C21H29ClN4O2/c1-6-7-10-26-21(22)18(16(5)25-26)12-23-24-20(27)13-28-19-11-15(4)8-9-17(19)14(2)3/h8-9,11-12,14H,6-7,10,13H2,1-5H3,(H,24,27)/b23-12+. The van der Waals surface area contributed by atoms with E-state index in [-0.39, 0.29) is 12.5 Å². The summed E-state index contributed by atoms with van der Waals surface area (Å²) in [6.45, 7) is 10.8. The molecule has 1 heterocycles. The number of carbonyl (C=O) groups is 1. The highest BCUT2D eigenvalue weighted by molar-refractivity contribution is 6.32. The molecule has 2 rings (SSSR count). The normalized spacial score (nSPS) is 11.4. The predicted octanol–water partition coefficient (Wildman–Crippen LogP) is 4.61. The van der Waals surface area contributed by atoms with Crippen molar-refractivity contribution >= 4 is 23.7 Å². The van der Waals surface area contributed by atoms with Gasteiger partial charge in [0.15, 0.2) is 6.61 Å². The summed E-state index contributed by atoms with van der Waals surface area (Å²) >= 11 is 6.36. The Morgan fingerprint density at radius 3 is 2.82 bits per heavy atom. The molecule has 152 valence electrons. The topological polar surface area (TPSA) is 68.5 Å². The van der Waals surface area contributed by atoms with E-state index in [2.05, 4.69) is 36.4 Å². The van der Waals surface area contributed by atoms with Crippen molar-refractivity contribution in [2.75, 3.05) is 6.61 Å². The van der Waals surface area contributed by atoms with E-state index in [0.29, 0.717) is 16.6 Å². The molecule has 0 fully saturated rings. The molecular formula is C21H29ClN4O2. The first-order valence-electron chi connectivity index (χ1n) is 9.61. The van der Waals surface area contributed by atoms with Crippen LogP contribution in [0, 0.1) is 13.8 Å². The average molecular weight is 405 g/mol. The van der Waals surface area contributed by atoms with Crippen LogP contribution in [0.25, 0.3) is 0 Å². The van der Waals surface area contributed by atoms with Gasteiger partial charge < -0.3 is 4.74 Å². The molecule has 0 bridgehead atoms. The van der Waals surface area contributed by atoms with Crippen LogP contribution in [-0.4, -0.2) is 28.5 Å². The van der Waals surface area contributed by atoms with Gasteiger partial charge >= 0.3 is 0 Å². The van der Waals surface area contributed by atoms with Crippen LogP contribution in [0.1, 0.15) is 61.9 Å². The molecule has 1 aromatic carbocycles. The number of unbranched alkanes of at least 4 members (excludes halogenated alkanes) is 1. The Labute approximate surface area is 171 Å². The SMILES string of the molecule is CCCCn1nc(C)c(/C=N/NC(=O)COc2cc(C)ccc2C(C)C)c1Cl. The third-order valence-electron chi connectivity index (χ3n) is 4.37. The first-order chi connectivity index (χ1) is 13.3. The molecule has 0 aliphatic heterocycles. The smallest absolute Gasteiger partial charge is 0.277 e. The van der Waals surface area contributed by atoms with E-state index in [1.807, 2.05) is 32.0 Å². The van der Waals surface area contributed by atoms with E-state index in [9.17, 15) is 4.79 Å². The number of rotatable bonds is 9. The number of nitrogens with zero attached hydrogens (tertiary/aromatic N) is 3. The number of nitrogens with one attached hydrogen (secondary N) is 1. The van der Waals surface area contributed by atoms with Crippen molar-refractivity contribution in [3.05, 3.63) is 45.7 Å². The minimum Gasteiger partial charge on any atom is -0.483 e. The Balaban J connectivity index is 1.95. The van der Waals surface area contributed by atoms with Crippen LogP contribution in [0.5, 0.6) is 5.75 Å². The Hall–Kier alpha value is -2.34. The first kappa shape index (κ1) is 22.0. The van der Waals surface area contributed by atoms with Crippen molar-refractivity contribution in [1.29, 1.82) is 0 Å². The van der Waals surface area contributed by atoms with E-state index in [4.69, 9.17) is 16.3 Å². The largest absolute Gasteiger partial charge is 0.483 e. The van der Waals surface area contributed by atoms with Gasteiger partial charge in [0.25, 0.3) is 5.91 Å². The quantitative estimate of drug-likeness (QED) is 0.490. The molecular weight excluding hydrogens is 376 g/mol. The summed E-state index contributed by atoms with van der Waals surface area (Å²) in [5, 5.41) is 8.94. The van der Waals surface area contributed by atoms with E-state index in [1.54, 1.807) is 4.68 Å². The van der Waals surface area contributed by atoms with Gasteiger partial charge in [-0.05, 0) is 43.4 Å². The molecule has 1 N–H and O–H groups in total. The summed E-state index contributed by atoms with van der Waals surface area (Å²) in [6.07, 6.45) is 3.59.